The lowest BCUT2D eigenvalue weighted by Gasteiger charge is -2.40. The number of H-pyrrole nitrogens is 2. The standard InChI is InChI=1S/C34H34N10O3/c1-15-24-29(18-9-10-35-39-18)28-21(36-31(24)40-38-15)12-34(5,14-23(28)46)44-16(2)25-26(17-7-6-8-19-30(17)43-47-42-19)27-20(37-32(25)41-44)11-33(3,4)13-22(27)45/h6-10,26,29H,11-14H2,1-5H3,(H,35,39)(H,37,41)(H2,36,38,40). The molecule has 0 spiro atoms. The Balaban J connectivity index is 1.19. The molecule has 1 aromatic carbocycles. The quantitative estimate of drug-likeness (QED) is 0.206. The highest BCUT2D eigenvalue weighted by atomic mass is 16.6. The lowest BCUT2D eigenvalue weighted by Crippen LogP contribution is -2.42. The van der Waals surface area contributed by atoms with Crippen molar-refractivity contribution in [2.24, 2.45) is 5.41 Å². The maximum absolute atomic E-state index is 14.3. The number of nitrogens with one attached hydrogen (secondary N) is 4. The fourth-order valence-corrected chi connectivity index (χ4v) is 8.57. The number of anilines is 2. The number of ketones is 2. The normalized spacial score (nSPS) is 24.9. The number of Topliss-reactive ketones (excluding diaryl/α,β-unsaturated/α-hetero) is 2. The monoisotopic (exact) mass is 630 g/mol. The number of hydrogen-bond acceptors (Lipinski definition) is 10. The van der Waals surface area contributed by atoms with Crippen molar-refractivity contribution in [2.45, 2.75) is 77.7 Å². The Morgan fingerprint density at radius 2 is 1.62 bits per heavy atom. The number of aromatic nitrogens is 8. The minimum atomic E-state index is -0.705. The van der Waals surface area contributed by atoms with Crippen molar-refractivity contribution >= 4 is 34.2 Å². The Bertz CT molecular complexity index is 2230. The highest BCUT2D eigenvalue weighted by Crippen LogP contribution is 2.53. The van der Waals surface area contributed by atoms with Crippen LogP contribution in [0.4, 0.5) is 11.6 Å². The van der Waals surface area contributed by atoms with Crippen LogP contribution in [0.3, 0.4) is 0 Å². The number of aromatic amines is 2. The van der Waals surface area contributed by atoms with Gasteiger partial charge in [0, 0.05) is 82.1 Å². The summed E-state index contributed by atoms with van der Waals surface area (Å²) in [7, 11) is 0. The highest BCUT2D eigenvalue weighted by molar-refractivity contribution is 6.03. The topological polar surface area (TPSA) is 172 Å². The molecule has 13 nitrogen and oxygen atoms in total. The number of benzene rings is 1. The van der Waals surface area contributed by atoms with Crippen molar-refractivity contribution in [1.29, 1.82) is 0 Å². The predicted octanol–water partition coefficient (Wildman–Crippen LogP) is 5.27. The Hall–Kier alpha value is -5.33. The Kier molecular flexibility index (Phi) is 5.57. The van der Waals surface area contributed by atoms with Gasteiger partial charge in [-0.2, -0.15) is 15.3 Å². The predicted molar refractivity (Wildman–Crippen MR) is 172 cm³/mol. The van der Waals surface area contributed by atoms with Crippen molar-refractivity contribution in [3.8, 4) is 0 Å². The summed E-state index contributed by atoms with van der Waals surface area (Å²) in [5, 5.41) is 35.6. The molecule has 0 saturated heterocycles. The first-order valence-corrected chi connectivity index (χ1v) is 15.9. The van der Waals surface area contributed by atoms with Crippen LogP contribution in [-0.4, -0.2) is 52.1 Å². The molecule has 0 radical (unpaired) electrons. The van der Waals surface area contributed by atoms with E-state index in [4.69, 9.17) is 9.73 Å². The van der Waals surface area contributed by atoms with Crippen LogP contribution in [-0.2, 0) is 15.1 Å². The van der Waals surface area contributed by atoms with E-state index in [0.717, 1.165) is 56.3 Å². The van der Waals surface area contributed by atoms with Crippen LogP contribution >= 0.6 is 0 Å². The Labute approximate surface area is 269 Å². The highest BCUT2D eigenvalue weighted by Gasteiger charge is 2.49. The molecule has 2 aliphatic heterocycles. The van der Waals surface area contributed by atoms with E-state index < -0.39 is 11.5 Å². The van der Waals surface area contributed by atoms with E-state index in [1.54, 1.807) is 6.20 Å². The summed E-state index contributed by atoms with van der Waals surface area (Å²) in [6, 6.07) is 7.69. The molecule has 0 saturated carbocycles. The van der Waals surface area contributed by atoms with Crippen LogP contribution in [0.25, 0.3) is 11.0 Å². The van der Waals surface area contributed by atoms with Gasteiger partial charge in [-0.25, -0.2) is 4.63 Å². The lowest BCUT2D eigenvalue weighted by atomic mass is 9.69. The van der Waals surface area contributed by atoms with Crippen LogP contribution in [0.1, 0.15) is 92.1 Å². The second-order valence-corrected chi connectivity index (χ2v) is 14.5. The number of nitrogens with zero attached hydrogens (tertiary/aromatic N) is 6. The average Bonchev–Trinajstić information content (AvgIpc) is 3.82. The van der Waals surface area contributed by atoms with Gasteiger partial charge in [0.05, 0.1) is 11.5 Å². The Morgan fingerprint density at radius 1 is 0.851 bits per heavy atom. The average molecular weight is 631 g/mol. The van der Waals surface area contributed by atoms with E-state index in [1.165, 1.54) is 0 Å². The van der Waals surface area contributed by atoms with E-state index in [1.807, 2.05) is 42.8 Å². The van der Waals surface area contributed by atoms with Crippen LogP contribution in [0.15, 0.2) is 57.6 Å². The lowest BCUT2D eigenvalue weighted by molar-refractivity contribution is -0.119. The fourth-order valence-electron chi connectivity index (χ4n) is 8.57. The first-order chi connectivity index (χ1) is 22.5. The number of allylic oxidation sites excluding steroid dienone is 4. The van der Waals surface area contributed by atoms with Crippen LogP contribution in [0.2, 0.25) is 0 Å². The van der Waals surface area contributed by atoms with Crippen molar-refractivity contribution in [1.82, 2.24) is 40.5 Å². The molecule has 6 heterocycles. The van der Waals surface area contributed by atoms with Crippen molar-refractivity contribution < 1.29 is 14.2 Å². The van der Waals surface area contributed by atoms with Gasteiger partial charge in [-0.3, -0.25) is 24.5 Å². The number of carbonyl (C=O) groups excluding carboxylic acids is 2. The van der Waals surface area contributed by atoms with Crippen LogP contribution in [0.5, 0.6) is 0 Å². The molecule has 9 rings (SSSR count). The van der Waals surface area contributed by atoms with Crippen LogP contribution in [0, 0.1) is 19.3 Å². The third kappa shape index (κ3) is 3.91. The molecule has 0 fully saturated rings. The molecule has 0 amide bonds. The molecule has 0 bridgehead atoms. The largest absolute Gasteiger partial charge is 0.342 e. The first kappa shape index (κ1) is 27.9. The molecule has 3 unspecified atom stereocenters. The van der Waals surface area contributed by atoms with E-state index in [9.17, 15) is 9.59 Å². The fraction of sp³-hybridized carbons (Fsp3) is 0.382. The SMILES string of the molecule is Cc1[nH]nc2c1C(c1ccn[nH]1)C1=C(CC(C)(n3nc4c(c3C)C(c3cccc5nonc35)C3=C(CC(C)(C)CC3=O)N4)CC1=O)N2. The van der Waals surface area contributed by atoms with Gasteiger partial charge in [0.1, 0.15) is 11.0 Å². The van der Waals surface area contributed by atoms with E-state index in [-0.39, 0.29) is 29.3 Å². The zero-order valence-corrected chi connectivity index (χ0v) is 26.8. The first-order valence-electron chi connectivity index (χ1n) is 15.9. The van der Waals surface area contributed by atoms with Gasteiger partial charge in [-0.05, 0) is 60.6 Å². The molecule has 238 valence electrons. The van der Waals surface area contributed by atoms with E-state index in [2.05, 4.69) is 62.1 Å². The summed E-state index contributed by atoms with van der Waals surface area (Å²) in [5.74, 6) is 0.824. The minimum absolute atomic E-state index is 0.0391. The zero-order chi connectivity index (χ0) is 32.4. The summed E-state index contributed by atoms with van der Waals surface area (Å²) < 4.78 is 7.14. The van der Waals surface area contributed by atoms with Gasteiger partial charge >= 0.3 is 0 Å². The number of aryl methyl sites for hydroxylation is 1. The molecule has 4 aromatic heterocycles. The number of rotatable bonds is 3. The van der Waals surface area contributed by atoms with Crippen LogP contribution < -0.4 is 10.6 Å². The van der Waals surface area contributed by atoms with E-state index >= 15 is 0 Å². The Morgan fingerprint density at radius 3 is 2.43 bits per heavy atom. The van der Waals surface area contributed by atoms with Crippen molar-refractivity contribution in [3.63, 3.8) is 0 Å². The van der Waals surface area contributed by atoms with Gasteiger partial charge in [-0.1, -0.05) is 26.0 Å². The zero-order valence-electron chi connectivity index (χ0n) is 26.8. The number of hydrogen-bond donors (Lipinski definition) is 4. The third-order valence-corrected chi connectivity index (χ3v) is 10.5. The van der Waals surface area contributed by atoms with Gasteiger partial charge in [0.2, 0.25) is 0 Å². The molecule has 5 aromatic rings. The molecule has 13 heteroatoms. The summed E-state index contributed by atoms with van der Waals surface area (Å²) in [6.45, 7) is 10.3. The second-order valence-electron chi connectivity index (χ2n) is 14.5. The van der Waals surface area contributed by atoms with Gasteiger partial charge < -0.3 is 10.6 Å². The molecule has 47 heavy (non-hydrogen) atoms. The second kappa shape index (κ2) is 9.36. The molecule has 3 atom stereocenters. The summed E-state index contributed by atoms with van der Waals surface area (Å²) in [6.07, 6.45) is 3.64. The smallest absolute Gasteiger partial charge is 0.164 e. The maximum atomic E-state index is 14.3. The minimum Gasteiger partial charge on any atom is -0.342 e. The van der Waals surface area contributed by atoms with Gasteiger partial charge in [0.15, 0.2) is 23.2 Å². The molecule has 2 aliphatic carbocycles. The molecular weight excluding hydrogens is 596 g/mol. The number of fused-ring (bicyclic) bond motifs is 3. The molecular formula is C34H34N10O3. The van der Waals surface area contributed by atoms with Gasteiger partial charge in [0.25, 0.3) is 0 Å². The third-order valence-electron chi connectivity index (χ3n) is 10.5. The molecule has 4 aliphatic rings. The van der Waals surface area contributed by atoms with E-state index in [0.29, 0.717) is 41.9 Å². The summed E-state index contributed by atoms with van der Waals surface area (Å²) >= 11 is 0. The number of carbonyl (C=O) groups is 2. The summed E-state index contributed by atoms with van der Waals surface area (Å²) in [5.41, 5.74) is 8.85. The molecule has 4 N–H and O–H groups in total. The van der Waals surface area contributed by atoms with Crippen molar-refractivity contribution in [2.75, 3.05) is 10.6 Å². The van der Waals surface area contributed by atoms with Gasteiger partial charge in [-0.15, -0.1) is 0 Å². The maximum Gasteiger partial charge on any atom is 0.164 e. The summed E-state index contributed by atoms with van der Waals surface area (Å²) in [4.78, 5) is 28.3. The van der Waals surface area contributed by atoms with Crippen molar-refractivity contribution in [3.05, 3.63) is 86.8 Å².